The van der Waals surface area contributed by atoms with E-state index in [0.29, 0.717) is 0 Å². The van der Waals surface area contributed by atoms with Crippen molar-refractivity contribution in [1.82, 2.24) is 10.2 Å². The summed E-state index contributed by atoms with van der Waals surface area (Å²) >= 11 is 0. The van der Waals surface area contributed by atoms with Crippen LogP contribution in [0.15, 0.2) is 0 Å². The highest BCUT2D eigenvalue weighted by Crippen LogP contribution is 2.17. The highest BCUT2D eigenvalue weighted by atomic mass is 15.1. The molecule has 1 aliphatic carbocycles. The zero-order chi connectivity index (χ0) is 15.9. The maximum absolute atomic E-state index is 3.84. The molecule has 1 N–H and O–H groups in total. The van der Waals surface area contributed by atoms with Gasteiger partial charge in [0.1, 0.15) is 0 Å². The third kappa shape index (κ3) is 12.5. The summed E-state index contributed by atoms with van der Waals surface area (Å²) < 4.78 is 0. The van der Waals surface area contributed by atoms with E-state index < -0.39 is 0 Å². The number of nitrogens with one attached hydrogen (secondary N) is 1. The van der Waals surface area contributed by atoms with Crippen LogP contribution in [0.25, 0.3) is 0 Å². The highest BCUT2D eigenvalue weighted by molar-refractivity contribution is 4.68. The van der Waals surface area contributed by atoms with Crippen molar-refractivity contribution < 1.29 is 0 Å². The van der Waals surface area contributed by atoms with Crippen LogP contribution < -0.4 is 5.32 Å². The molecule has 0 unspecified atom stereocenters. The summed E-state index contributed by atoms with van der Waals surface area (Å²) in [4.78, 5) is 2.29. The van der Waals surface area contributed by atoms with Crippen LogP contribution >= 0.6 is 0 Å². The van der Waals surface area contributed by atoms with Crippen molar-refractivity contribution in [2.75, 3.05) is 27.2 Å². The molecular formula is C20H42N2. The lowest BCUT2D eigenvalue weighted by Gasteiger charge is -2.19. The van der Waals surface area contributed by atoms with E-state index in [1.807, 2.05) is 0 Å². The quantitative estimate of drug-likeness (QED) is 0.687. The fourth-order valence-corrected chi connectivity index (χ4v) is 3.60. The van der Waals surface area contributed by atoms with E-state index in [4.69, 9.17) is 0 Å². The molecule has 2 nitrogen and oxygen atoms in total. The Morgan fingerprint density at radius 3 is 1.50 bits per heavy atom. The first-order valence-corrected chi connectivity index (χ1v) is 10.2. The molecule has 0 atom stereocenters. The lowest BCUT2D eigenvalue weighted by molar-refractivity contribution is 0.368. The number of hydrogen-bond acceptors (Lipinski definition) is 2. The molecule has 0 heterocycles. The van der Waals surface area contributed by atoms with Crippen LogP contribution in [0.5, 0.6) is 0 Å². The van der Waals surface area contributed by atoms with E-state index >= 15 is 0 Å². The molecule has 22 heavy (non-hydrogen) atoms. The van der Waals surface area contributed by atoms with Gasteiger partial charge < -0.3 is 10.2 Å². The van der Waals surface area contributed by atoms with Crippen LogP contribution in [-0.2, 0) is 0 Å². The highest BCUT2D eigenvalue weighted by Gasteiger charge is 2.08. The lowest BCUT2D eigenvalue weighted by Crippen LogP contribution is -2.31. The van der Waals surface area contributed by atoms with Gasteiger partial charge in [0.15, 0.2) is 0 Å². The SMILES string of the molecule is CN(C)CCCNC1CCCCCCCCCCCCCC1. The molecule has 0 radical (unpaired) electrons. The van der Waals surface area contributed by atoms with Crippen LogP contribution in [0.4, 0.5) is 0 Å². The zero-order valence-corrected chi connectivity index (χ0v) is 15.5. The van der Waals surface area contributed by atoms with Crippen LogP contribution in [0.2, 0.25) is 0 Å². The summed E-state index contributed by atoms with van der Waals surface area (Å²) in [5, 5.41) is 3.84. The van der Waals surface area contributed by atoms with Crippen molar-refractivity contribution in [2.45, 2.75) is 102 Å². The largest absolute Gasteiger partial charge is 0.314 e. The molecule has 1 fully saturated rings. The van der Waals surface area contributed by atoms with Gasteiger partial charge in [0.05, 0.1) is 0 Å². The summed E-state index contributed by atoms with van der Waals surface area (Å²) in [6.45, 7) is 2.41. The number of rotatable bonds is 5. The summed E-state index contributed by atoms with van der Waals surface area (Å²) in [5.41, 5.74) is 0. The van der Waals surface area contributed by atoms with E-state index in [1.54, 1.807) is 0 Å². The maximum atomic E-state index is 3.84. The smallest absolute Gasteiger partial charge is 0.00670 e. The first-order valence-electron chi connectivity index (χ1n) is 10.2. The standard InChI is InChI=1S/C20H42N2/c1-22(2)19-15-18-21-20-16-13-11-9-7-5-3-4-6-8-10-12-14-17-20/h20-21H,3-19H2,1-2H3. The van der Waals surface area contributed by atoms with Crippen LogP contribution in [0.3, 0.4) is 0 Å². The van der Waals surface area contributed by atoms with Gasteiger partial charge in [-0.1, -0.05) is 77.0 Å². The summed E-state index contributed by atoms with van der Waals surface area (Å²) in [6, 6.07) is 0.785. The second kappa shape index (κ2) is 14.5. The van der Waals surface area contributed by atoms with Gasteiger partial charge in [-0.3, -0.25) is 0 Å². The molecule has 0 spiro atoms. The van der Waals surface area contributed by atoms with Crippen LogP contribution in [-0.4, -0.2) is 38.1 Å². The molecule has 0 saturated heterocycles. The van der Waals surface area contributed by atoms with Crippen molar-refractivity contribution in [1.29, 1.82) is 0 Å². The predicted octanol–water partition coefficient (Wildman–Crippen LogP) is 5.37. The minimum Gasteiger partial charge on any atom is -0.314 e. The number of nitrogens with zero attached hydrogens (tertiary/aromatic N) is 1. The second-order valence-corrected chi connectivity index (χ2v) is 7.63. The second-order valence-electron chi connectivity index (χ2n) is 7.63. The monoisotopic (exact) mass is 310 g/mol. The first-order chi connectivity index (χ1) is 10.8. The van der Waals surface area contributed by atoms with Gasteiger partial charge in [-0.2, -0.15) is 0 Å². The third-order valence-corrected chi connectivity index (χ3v) is 5.07. The molecule has 0 amide bonds. The van der Waals surface area contributed by atoms with Gasteiger partial charge in [-0.25, -0.2) is 0 Å². The van der Waals surface area contributed by atoms with Crippen molar-refractivity contribution in [3.63, 3.8) is 0 Å². The van der Waals surface area contributed by atoms with Gasteiger partial charge in [0.2, 0.25) is 0 Å². The molecule has 0 aromatic rings. The molecular weight excluding hydrogens is 268 g/mol. The summed E-state index contributed by atoms with van der Waals surface area (Å²) in [7, 11) is 4.34. The molecule has 132 valence electrons. The normalized spacial score (nSPS) is 21.4. The average molecular weight is 311 g/mol. The molecule has 2 heteroatoms. The van der Waals surface area contributed by atoms with E-state index in [0.717, 1.165) is 6.04 Å². The maximum Gasteiger partial charge on any atom is 0.00670 e. The van der Waals surface area contributed by atoms with Crippen molar-refractivity contribution in [2.24, 2.45) is 0 Å². The zero-order valence-electron chi connectivity index (χ0n) is 15.5. The van der Waals surface area contributed by atoms with Gasteiger partial charge in [0.25, 0.3) is 0 Å². The Hall–Kier alpha value is -0.0800. The van der Waals surface area contributed by atoms with Crippen LogP contribution in [0.1, 0.15) is 96.3 Å². The molecule has 1 aliphatic rings. The lowest BCUT2D eigenvalue weighted by atomic mass is 10.0. The Balaban J connectivity index is 2.20. The minimum absolute atomic E-state index is 0.785. The minimum atomic E-state index is 0.785. The van der Waals surface area contributed by atoms with E-state index in [-0.39, 0.29) is 0 Å². The van der Waals surface area contributed by atoms with Crippen LogP contribution in [0, 0.1) is 0 Å². The van der Waals surface area contributed by atoms with Gasteiger partial charge in [0, 0.05) is 6.04 Å². The Bertz CT molecular complexity index is 212. The Labute approximate surface area is 140 Å². The Kier molecular flexibility index (Phi) is 13.2. The Morgan fingerprint density at radius 2 is 1.09 bits per heavy atom. The van der Waals surface area contributed by atoms with Gasteiger partial charge >= 0.3 is 0 Å². The third-order valence-electron chi connectivity index (χ3n) is 5.07. The topological polar surface area (TPSA) is 15.3 Å². The van der Waals surface area contributed by atoms with E-state index in [9.17, 15) is 0 Å². The fourth-order valence-electron chi connectivity index (χ4n) is 3.60. The first kappa shape index (κ1) is 20.0. The van der Waals surface area contributed by atoms with Crippen molar-refractivity contribution in [3.05, 3.63) is 0 Å². The summed E-state index contributed by atoms with van der Waals surface area (Å²) in [6.07, 6.45) is 21.7. The Morgan fingerprint density at radius 1 is 0.682 bits per heavy atom. The summed E-state index contributed by atoms with van der Waals surface area (Å²) in [5.74, 6) is 0. The predicted molar refractivity (Wildman–Crippen MR) is 99.6 cm³/mol. The van der Waals surface area contributed by atoms with Crippen molar-refractivity contribution in [3.8, 4) is 0 Å². The van der Waals surface area contributed by atoms with Gasteiger partial charge in [-0.05, 0) is 46.4 Å². The molecule has 1 rings (SSSR count). The molecule has 0 aromatic heterocycles. The van der Waals surface area contributed by atoms with E-state index in [1.165, 1.54) is 109 Å². The molecule has 0 aromatic carbocycles. The van der Waals surface area contributed by atoms with E-state index in [2.05, 4.69) is 24.3 Å². The van der Waals surface area contributed by atoms with Gasteiger partial charge in [-0.15, -0.1) is 0 Å². The number of hydrogen-bond donors (Lipinski definition) is 1. The van der Waals surface area contributed by atoms with Crippen molar-refractivity contribution >= 4 is 0 Å². The molecule has 0 bridgehead atoms. The molecule has 0 aliphatic heterocycles. The molecule has 1 saturated carbocycles. The average Bonchev–Trinajstić information content (AvgIpc) is 2.50. The fraction of sp³-hybridized carbons (Fsp3) is 1.00.